The van der Waals surface area contributed by atoms with Gasteiger partial charge in [-0.15, -0.1) is 0 Å². The molecule has 0 aliphatic rings. The molecule has 0 saturated heterocycles. The molecule has 2 aromatic rings. The van der Waals surface area contributed by atoms with Gasteiger partial charge in [-0.25, -0.2) is 9.78 Å². The number of ether oxygens (including phenoxy) is 1. The van der Waals surface area contributed by atoms with E-state index in [9.17, 15) is 9.90 Å². The second-order valence-corrected chi connectivity index (χ2v) is 5.20. The normalized spacial score (nSPS) is 10.7. The van der Waals surface area contributed by atoms with Gasteiger partial charge in [-0.1, -0.05) is 13.3 Å². The van der Waals surface area contributed by atoms with Crippen LogP contribution in [0, 0.1) is 6.92 Å². The number of methoxy groups -OCH3 is 1. The Morgan fingerprint density at radius 2 is 2.00 bits per heavy atom. The van der Waals surface area contributed by atoms with Crippen molar-refractivity contribution >= 4 is 5.97 Å². The topological polar surface area (TPSA) is 64.4 Å². The van der Waals surface area contributed by atoms with E-state index in [4.69, 9.17) is 4.74 Å². The van der Waals surface area contributed by atoms with Crippen LogP contribution >= 0.6 is 0 Å². The Morgan fingerprint density at radius 3 is 2.55 bits per heavy atom. The number of unbranched alkanes of at least 4 members (excludes halogenated alkanes) is 1. The Bertz CT molecular complexity index is 645. The molecule has 0 radical (unpaired) electrons. The van der Waals surface area contributed by atoms with Gasteiger partial charge in [0.2, 0.25) is 0 Å². The van der Waals surface area contributed by atoms with E-state index < -0.39 is 0 Å². The molecule has 5 heteroatoms. The molecule has 1 aromatic carbocycles. The lowest BCUT2D eigenvalue weighted by molar-refractivity contribution is 0.0600. The van der Waals surface area contributed by atoms with E-state index in [0.29, 0.717) is 5.56 Å². The molecule has 0 fully saturated rings. The highest BCUT2D eigenvalue weighted by atomic mass is 16.5. The summed E-state index contributed by atoms with van der Waals surface area (Å²) in [4.78, 5) is 16.1. The summed E-state index contributed by atoms with van der Waals surface area (Å²) in [6.45, 7) is 3.97. The first-order valence-corrected chi connectivity index (χ1v) is 7.49. The highest BCUT2D eigenvalue weighted by molar-refractivity contribution is 5.89. The molecule has 0 spiro atoms. The van der Waals surface area contributed by atoms with Gasteiger partial charge in [-0.05, 0) is 37.6 Å². The van der Waals surface area contributed by atoms with Crippen LogP contribution in [0.25, 0.3) is 5.69 Å². The smallest absolute Gasteiger partial charge is 0.337 e. The Balaban J connectivity index is 2.43. The number of aromatic nitrogens is 2. The zero-order valence-corrected chi connectivity index (χ0v) is 13.3. The van der Waals surface area contributed by atoms with E-state index in [1.807, 2.05) is 23.6 Å². The number of rotatable bonds is 6. The fourth-order valence-electron chi connectivity index (χ4n) is 2.48. The van der Waals surface area contributed by atoms with E-state index in [1.165, 1.54) is 7.11 Å². The summed E-state index contributed by atoms with van der Waals surface area (Å²) >= 11 is 0. The number of carbonyl (C=O) groups excluding carboxylic acids is 1. The third-order valence-corrected chi connectivity index (χ3v) is 3.69. The number of aryl methyl sites for hydroxylation is 2. The lowest BCUT2D eigenvalue weighted by Crippen LogP contribution is -2.07. The summed E-state index contributed by atoms with van der Waals surface area (Å²) in [6.07, 6.45) is 2.99. The van der Waals surface area contributed by atoms with E-state index in [-0.39, 0.29) is 12.6 Å². The Kier molecular flexibility index (Phi) is 5.33. The minimum atomic E-state index is -0.359. The maximum atomic E-state index is 11.5. The third kappa shape index (κ3) is 3.20. The molecule has 0 saturated carbocycles. The van der Waals surface area contributed by atoms with Crippen molar-refractivity contribution in [1.82, 2.24) is 9.55 Å². The molecule has 0 bridgehead atoms. The minimum Gasteiger partial charge on any atom is -0.465 e. The van der Waals surface area contributed by atoms with Crippen LogP contribution in [-0.2, 0) is 17.8 Å². The summed E-state index contributed by atoms with van der Waals surface area (Å²) in [5.74, 6) is 0.580. The average molecular weight is 302 g/mol. The minimum absolute atomic E-state index is 0.0658. The fourth-order valence-corrected chi connectivity index (χ4v) is 2.48. The van der Waals surface area contributed by atoms with Gasteiger partial charge in [-0.3, -0.25) is 4.57 Å². The van der Waals surface area contributed by atoms with Crippen molar-refractivity contribution in [3.05, 3.63) is 47.0 Å². The van der Waals surface area contributed by atoms with Gasteiger partial charge in [0.25, 0.3) is 0 Å². The van der Waals surface area contributed by atoms with Crippen molar-refractivity contribution < 1.29 is 14.6 Å². The molecule has 2 rings (SSSR count). The number of benzene rings is 1. The standard InChI is InChI=1S/C17H22N2O3/c1-4-5-6-16-18-12(2)15(11-20)19(16)14-9-7-13(8-10-14)17(21)22-3/h7-10,20H,4-6,11H2,1-3H3. The third-order valence-electron chi connectivity index (χ3n) is 3.69. The molecule has 1 heterocycles. The van der Waals surface area contributed by atoms with E-state index >= 15 is 0 Å². The Labute approximate surface area is 130 Å². The molecule has 5 nitrogen and oxygen atoms in total. The summed E-state index contributed by atoms with van der Waals surface area (Å²) in [5, 5.41) is 9.65. The molecule has 0 atom stereocenters. The predicted octanol–water partition coefficient (Wildman–Crippen LogP) is 2.80. The van der Waals surface area contributed by atoms with Gasteiger partial charge in [0, 0.05) is 12.1 Å². The van der Waals surface area contributed by atoms with Gasteiger partial charge in [0.15, 0.2) is 0 Å². The number of hydrogen-bond acceptors (Lipinski definition) is 4. The SMILES string of the molecule is CCCCc1nc(C)c(CO)n1-c1ccc(C(=O)OC)cc1. The first kappa shape index (κ1) is 16.2. The highest BCUT2D eigenvalue weighted by Gasteiger charge is 2.15. The first-order valence-electron chi connectivity index (χ1n) is 7.49. The van der Waals surface area contributed by atoms with Crippen molar-refractivity contribution in [2.75, 3.05) is 7.11 Å². The summed E-state index contributed by atoms with van der Waals surface area (Å²) in [7, 11) is 1.36. The van der Waals surface area contributed by atoms with Gasteiger partial charge in [-0.2, -0.15) is 0 Å². The number of carbonyl (C=O) groups is 1. The van der Waals surface area contributed by atoms with Gasteiger partial charge in [0.1, 0.15) is 5.82 Å². The summed E-state index contributed by atoms with van der Waals surface area (Å²) in [6, 6.07) is 7.15. The predicted molar refractivity (Wildman–Crippen MR) is 84.2 cm³/mol. The quantitative estimate of drug-likeness (QED) is 0.833. The number of hydrogen-bond donors (Lipinski definition) is 1. The Hall–Kier alpha value is -2.14. The lowest BCUT2D eigenvalue weighted by atomic mass is 10.2. The molecule has 0 aliphatic heterocycles. The number of esters is 1. The fraction of sp³-hybridized carbons (Fsp3) is 0.412. The molecule has 118 valence electrons. The zero-order chi connectivity index (χ0) is 16.1. The molecule has 0 aliphatic carbocycles. The molecule has 1 N–H and O–H groups in total. The van der Waals surface area contributed by atoms with Crippen molar-refractivity contribution in [3.8, 4) is 5.69 Å². The summed E-state index contributed by atoms with van der Waals surface area (Å²) < 4.78 is 6.69. The van der Waals surface area contributed by atoms with Crippen LogP contribution in [0.15, 0.2) is 24.3 Å². The van der Waals surface area contributed by atoms with Crippen LogP contribution in [0.2, 0.25) is 0 Å². The van der Waals surface area contributed by atoms with Gasteiger partial charge < -0.3 is 9.84 Å². The molecule has 0 unspecified atom stereocenters. The maximum Gasteiger partial charge on any atom is 0.337 e. The van der Waals surface area contributed by atoms with Crippen molar-refractivity contribution in [3.63, 3.8) is 0 Å². The number of nitrogens with zero attached hydrogens (tertiary/aromatic N) is 2. The zero-order valence-electron chi connectivity index (χ0n) is 13.3. The average Bonchev–Trinajstić information content (AvgIpc) is 2.87. The first-order chi connectivity index (χ1) is 10.6. The number of aliphatic hydroxyl groups excluding tert-OH is 1. The molecular weight excluding hydrogens is 280 g/mol. The van der Waals surface area contributed by atoms with E-state index in [0.717, 1.165) is 42.2 Å². The maximum absolute atomic E-state index is 11.5. The highest BCUT2D eigenvalue weighted by Crippen LogP contribution is 2.21. The van der Waals surface area contributed by atoms with Crippen LogP contribution in [0.4, 0.5) is 0 Å². The molecular formula is C17H22N2O3. The monoisotopic (exact) mass is 302 g/mol. The van der Waals surface area contributed by atoms with E-state index in [1.54, 1.807) is 12.1 Å². The number of aliphatic hydroxyl groups is 1. The number of imidazole rings is 1. The van der Waals surface area contributed by atoms with Gasteiger partial charge in [0.05, 0.1) is 30.7 Å². The van der Waals surface area contributed by atoms with Crippen LogP contribution in [0.5, 0.6) is 0 Å². The molecule has 22 heavy (non-hydrogen) atoms. The van der Waals surface area contributed by atoms with Crippen LogP contribution < -0.4 is 0 Å². The largest absolute Gasteiger partial charge is 0.465 e. The second-order valence-electron chi connectivity index (χ2n) is 5.20. The van der Waals surface area contributed by atoms with Crippen molar-refractivity contribution in [2.45, 2.75) is 39.7 Å². The molecule has 0 amide bonds. The Morgan fingerprint density at radius 1 is 1.32 bits per heavy atom. The van der Waals surface area contributed by atoms with Gasteiger partial charge >= 0.3 is 5.97 Å². The van der Waals surface area contributed by atoms with Crippen LogP contribution in [-0.4, -0.2) is 27.7 Å². The van der Waals surface area contributed by atoms with Crippen molar-refractivity contribution in [2.24, 2.45) is 0 Å². The lowest BCUT2D eigenvalue weighted by Gasteiger charge is -2.11. The van der Waals surface area contributed by atoms with Crippen LogP contribution in [0.3, 0.4) is 0 Å². The second kappa shape index (κ2) is 7.22. The molecule has 1 aromatic heterocycles. The van der Waals surface area contributed by atoms with Crippen LogP contribution in [0.1, 0.15) is 47.3 Å². The summed E-state index contributed by atoms with van der Waals surface area (Å²) in [5.41, 5.74) is 3.02. The van der Waals surface area contributed by atoms with E-state index in [2.05, 4.69) is 11.9 Å². The van der Waals surface area contributed by atoms with Crippen molar-refractivity contribution in [1.29, 1.82) is 0 Å².